The second kappa shape index (κ2) is 8.30. The molecule has 3 N–H and O–H groups in total. The van der Waals surface area contributed by atoms with Gasteiger partial charge < -0.3 is 19.7 Å². The van der Waals surface area contributed by atoms with Crippen LogP contribution in [0.25, 0.3) is 11.2 Å². The first-order valence-corrected chi connectivity index (χ1v) is 9.22. The second-order valence-corrected chi connectivity index (χ2v) is 6.77. The van der Waals surface area contributed by atoms with Crippen molar-refractivity contribution in [1.29, 1.82) is 0 Å². The molecule has 9 heteroatoms. The van der Waals surface area contributed by atoms with Crippen molar-refractivity contribution < 1.29 is 9.84 Å². The Bertz CT molecular complexity index is 1050. The minimum atomic E-state index is -0.883. The number of aliphatic hydroxyl groups is 1. The van der Waals surface area contributed by atoms with Crippen molar-refractivity contribution >= 4 is 17.1 Å². The summed E-state index contributed by atoms with van der Waals surface area (Å²) in [5.74, 6) is 1.07. The zero-order chi connectivity index (χ0) is 20.3. The summed E-state index contributed by atoms with van der Waals surface area (Å²) in [6.45, 7) is 4.15. The molecule has 0 fully saturated rings. The highest BCUT2D eigenvalue weighted by atomic mass is 16.5. The van der Waals surface area contributed by atoms with E-state index < -0.39 is 17.4 Å². The maximum absolute atomic E-state index is 12.4. The van der Waals surface area contributed by atoms with Crippen LogP contribution in [0.5, 0.6) is 5.75 Å². The summed E-state index contributed by atoms with van der Waals surface area (Å²) >= 11 is 0. The maximum atomic E-state index is 12.4. The molecule has 9 nitrogen and oxygen atoms in total. The Hall–Kier alpha value is -3.07. The summed E-state index contributed by atoms with van der Waals surface area (Å²) < 4.78 is 8.47. The van der Waals surface area contributed by atoms with Gasteiger partial charge in [-0.2, -0.15) is 4.98 Å². The van der Waals surface area contributed by atoms with Gasteiger partial charge in [0.2, 0.25) is 5.95 Å². The Morgan fingerprint density at radius 2 is 2.00 bits per heavy atom. The van der Waals surface area contributed by atoms with Crippen LogP contribution >= 0.6 is 0 Å². The molecule has 150 valence electrons. The van der Waals surface area contributed by atoms with Crippen LogP contribution in [0, 0.1) is 0 Å². The number of rotatable bonds is 8. The standard InChI is InChI=1S/C19H25N5O4/c1-4-12(2)20-18-21-16-15(17(26)22-19(27)23(16)3)24(18)10-13(25)11-28-14-8-6-5-7-9-14/h5-9,12-13,25H,4,10-11H2,1-3H3,(H,20,21)(H,22,26,27)/t12-,13-/m1/s1. The van der Waals surface area contributed by atoms with Crippen LogP contribution < -0.4 is 21.3 Å². The summed E-state index contributed by atoms with van der Waals surface area (Å²) in [5, 5.41) is 13.7. The monoisotopic (exact) mass is 387 g/mol. The summed E-state index contributed by atoms with van der Waals surface area (Å²) in [6.07, 6.45) is -0.0373. The van der Waals surface area contributed by atoms with E-state index in [-0.39, 0.29) is 30.4 Å². The number of nitrogens with zero attached hydrogens (tertiary/aromatic N) is 3. The number of imidazole rings is 1. The number of H-pyrrole nitrogens is 1. The molecule has 0 unspecified atom stereocenters. The number of aromatic nitrogens is 4. The fourth-order valence-electron chi connectivity index (χ4n) is 2.82. The number of aryl methyl sites for hydroxylation is 1. The van der Waals surface area contributed by atoms with Gasteiger partial charge in [-0.15, -0.1) is 0 Å². The van der Waals surface area contributed by atoms with Crippen LogP contribution in [0.3, 0.4) is 0 Å². The van der Waals surface area contributed by atoms with Gasteiger partial charge in [0.05, 0.1) is 6.54 Å². The summed E-state index contributed by atoms with van der Waals surface area (Å²) in [4.78, 5) is 31.1. The van der Waals surface area contributed by atoms with E-state index in [9.17, 15) is 14.7 Å². The number of benzene rings is 1. The van der Waals surface area contributed by atoms with Gasteiger partial charge in [0, 0.05) is 13.1 Å². The number of ether oxygens (including phenoxy) is 1. The lowest BCUT2D eigenvalue weighted by Gasteiger charge is -2.17. The van der Waals surface area contributed by atoms with E-state index in [2.05, 4.69) is 15.3 Å². The van der Waals surface area contributed by atoms with Crippen LogP contribution in [0.15, 0.2) is 39.9 Å². The van der Waals surface area contributed by atoms with Crippen molar-refractivity contribution in [2.24, 2.45) is 7.05 Å². The lowest BCUT2D eigenvalue weighted by atomic mass is 10.3. The van der Waals surface area contributed by atoms with E-state index in [1.165, 1.54) is 4.57 Å². The van der Waals surface area contributed by atoms with Crippen LogP contribution in [0.1, 0.15) is 20.3 Å². The Balaban J connectivity index is 1.93. The average Bonchev–Trinajstić information content (AvgIpc) is 3.03. The highest BCUT2D eigenvalue weighted by Crippen LogP contribution is 2.18. The molecule has 0 saturated carbocycles. The normalized spacial score (nSPS) is 13.4. The lowest BCUT2D eigenvalue weighted by molar-refractivity contribution is 0.0938. The van der Waals surface area contributed by atoms with Gasteiger partial charge in [0.15, 0.2) is 11.2 Å². The van der Waals surface area contributed by atoms with E-state index in [4.69, 9.17) is 4.74 Å². The topological polar surface area (TPSA) is 114 Å². The van der Waals surface area contributed by atoms with Gasteiger partial charge >= 0.3 is 5.69 Å². The molecule has 0 radical (unpaired) electrons. The van der Waals surface area contributed by atoms with Crippen molar-refractivity contribution in [3.63, 3.8) is 0 Å². The number of aromatic amines is 1. The molecular formula is C19H25N5O4. The Labute approximate surface area is 161 Å². The fourth-order valence-corrected chi connectivity index (χ4v) is 2.82. The molecule has 2 aromatic heterocycles. The number of fused-ring (bicyclic) bond motifs is 1. The van der Waals surface area contributed by atoms with E-state index in [0.29, 0.717) is 11.7 Å². The Morgan fingerprint density at radius 1 is 1.29 bits per heavy atom. The van der Waals surface area contributed by atoms with Gasteiger partial charge in [-0.25, -0.2) is 4.79 Å². The largest absolute Gasteiger partial charge is 0.491 e. The molecular weight excluding hydrogens is 362 g/mol. The van der Waals surface area contributed by atoms with Crippen molar-refractivity contribution in [1.82, 2.24) is 19.1 Å². The smallest absolute Gasteiger partial charge is 0.329 e. The molecule has 0 aliphatic rings. The molecule has 2 heterocycles. The minimum absolute atomic E-state index is 0.0517. The number of anilines is 1. The molecule has 1 aromatic carbocycles. The number of hydrogen-bond donors (Lipinski definition) is 3. The zero-order valence-electron chi connectivity index (χ0n) is 16.2. The van der Waals surface area contributed by atoms with Crippen molar-refractivity contribution in [2.45, 2.75) is 39.0 Å². The number of para-hydroxylation sites is 1. The third-order valence-corrected chi connectivity index (χ3v) is 4.57. The predicted molar refractivity (Wildman–Crippen MR) is 107 cm³/mol. The fraction of sp³-hybridized carbons (Fsp3) is 0.421. The van der Waals surface area contributed by atoms with Crippen molar-refractivity contribution in [3.05, 3.63) is 51.2 Å². The number of nitrogens with one attached hydrogen (secondary N) is 2. The van der Waals surface area contributed by atoms with Crippen molar-refractivity contribution in [3.8, 4) is 5.75 Å². The molecule has 28 heavy (non-hydrogen) atoms. The Morgan fingerprint density at radius 3 is 2.68 bits per heavy atom. The van der Waals surface area contributed by atoms with Gasteiger partial charge in [0.25, 0.3) is 5.56 Å². The van der Waals surface area contributed by atoms with Crippen LogP contribution in [0.4, 0.5) is 5.95 Å². The van der Waals surface area contributed by atoms with E-state index in [1.807, 2.05) is 32.0 Å². The van der Waals surface area contributed by atoms with Crippen LogP contribution in [-0.4, -0.2) is 43.0 Å². The van der Waals surface area contributed by atoms with E-state index in [0.717, 1.165) is 6.42 Å². The molecule has 0 aliphatic carbocycles. The number of hydrogen-bond acceptors (Lipinski definition) is 6. The van der Waals surface area contributed by atoms with E-state index >= 15 is 0 Å². The molecule has 0 saturated heterocycles. The quantitative estimate of drug-likeness (QED) is 0.533. The molecule has 0 amide bonds. The minimum Gasteiger partial charge on any atom is -0.491 e. The SMILES string of the molecule is CC[C@@H](C)Nc1nc2c(c(=O)[nH]c(=O)n2C)n1C[C@@H](O)COc1ccccc1. The van der Waals surface area contributed by atoms with Crippen LogP contribution in [0.2, 0.25) is 0 Å². The summed E-state index contributed by atoms with van der Waals surface area (Å²) in [5.41, 5.74) is -0.591. The first kappa shape index (κ1) is 19.7. The average molecular weight is 387 g/mol. The van der Waals surface area contributed by atoms with Gasteiger partial charge in [-0.05, 0) is 25.5 Å². The molecule has 3 aromatic rings. The molecule has 0 bridgehead atoms. The van der Waals surface area contributed by atoms with Crippen molar-refractivity contribution in [2.75, 3.05) is 11.9 Å². The zero-order valence-corrected chi connectivity index (χ0v) is 16.2. The third kappa shape index (κ3) is 4.09. The lowest BCUT2D eigenvalue weighted by Crippen LogP contribution is -2.31. The Kier molecular flexibility index (Phi) is 5.84. The molecule has 0 aliphatic heterocycles. The molecule has 2 atom stereocenters. The highest BCUT2D eigenvalue weighted by Gasteiger charge is 2.20. The number of aliphatic hydroxyl groups excluding tert-OH is 1. The molecule has 0 spiro atoms. The molecule has 3 rings (SSSR count). The van der Waals surface area contributed by atoms with E-state index in [1.54, 1.807) is 23.7 Å². The van der Waals surface area contributed by atoms with Gasteiger partial charge in [0.1, 0.15) is 18.5 Å². The summed E-state index contributed by atoms with van der Waals surface area (Å²) in [7, 11) is 1.54. The second-order valence-electron chi connectivity index (χ2n) is 6.77. The van der Waals surface area contributed by atoms with Gasteiger partial charge in [-0.1, -0.05) is 25.1 Å². The van der Waals surface area contributed by atoms with Gasteiger partial charge in [-0.3, -0.25) is 14.3 Å². The first-order valence-electron chi connectivity index (χ1n) is 9.22. The first-order chi connectivity index (χ1) is 13.4. The highest BCUT2D eigenvalue weighted by molar-refractivity contribution is 5.74. The predicted octanol–water partition coefficient (Wildman–Crippen LogP) is 1.07. The van der Waals surface area contributed by atoms with Crippen LogP contribution in [-0.2, 0) is 13.6 Å². The maximum Gasteiger partial charge on any atom is 0.329 e. The third-order valence-electron chi connectivity index (χ3n) is 4.57. The summed E-state index contributed by atoms with van der Waals surface area (Å²) in [6, 6.07) is 9.28.